The van der Waals surface area contributed by atoms with E-state index in [4.69, 9.17) is 21.3 Å². The lowest BCUT2D eigenvalue weighted by atomic mass is 10.1. The molecule has 13 heteroatoms. The monoisotopic (exact) mass is 563 g/mol. The van der Waals surface area contributed by atoms with Crippen LogP contribution in [0.3, 0.4) is 0 Å². The number of thiazole rings is 1. The quantitative estimate of drug-likeness (QED) is 0.347. The maximum atomic E-state index is 14.2. The summed E-state index contributed by atoms with van der Waals surface area (Å²) in [5, 5.41) is 0.794. The van der Waals surface area contributed by atoms with Gasteiger partial charge in [-0.15, -0.1) is 0 Å². The van der Waals surface area contributed by atoms with Crippen molar-refractivity contribution in [3.8, 4) is 21.8 Å². The highest BCUT2D eigenvalue weighted by Crippen LogP contribution is 2.44. The molecule has 4 aromatic rings. The van der Waals surface area contributed by atoms with Gasteiger partial charge >= 0.3 is 0 Å². The fraction of sp³-hybridized carbons (Fsp3) is 0.208. The summed E-state index contributed by atoms with van der Waals surface area (Å²) in [7, 11) is -4.48. The van der Waals surface area contributed by atoms with Crippen molar-refractivity contribution in [1.29, 1.82) is 0 Å². The molecule has 8 nitrogen and oxygen atoms in total. The van der Waals surface area contributed by atoms with Crippen LogP contribution in [0.4, 0.5) is 19.6 Å². The number of morpholine rings is 1. The zero-order chi connectivity index (χ0) is 26.2. The number of halogens is 3. The smallest absolute Gasteiger partial charge is 0.264 e. The molecular weight excluding hydrogens is 544 g/mol. The van der Waals surface area contributed by atoms with Gasteiger partial charge in [0.25, 0.3) is 10.0 Å². The maximum absolute atomic E-state index is 14.2. The van der Waals surface area contributed by atoms with Crippen LogP contribution in [0.5, 0.6) is 0 Å². The van der Waals surface area contributed by atoms with Crippen molar-refractivity contribution in [3.63, 3.8) is 0 Å². The number of aryl methyl sites for hydroxylation is 1. The third kappa shape index (κ3) is 5.28. The number of hydrogen-bond donors (Lipinski definition) is 1. The van der Waals surface area contributed by atoms with Gasteiger partial charge in [-0.1, -0.05) is 35.1 Å². The van der Waals surface area contributed by atoms with E-state index in [0.717, 1.165) is 22.1 Å². The van der Waals surface area contributed by atoms with Crippen molar-refractivity contribution in [2.45, 2.75) is 11.8 Å². The average Bonchev–Trinajstić information content (AvgIpc) is 3.32. The van der Waals surface area contributed by atoms with Crippen molar-refractivity contribution < 1.29 is 21.9 Å². The summed E-state index contributed by atoms with van der Waals surface area (Å²) in [4.78, 5) is 15.6. The zero-order valence-corrected chi connectivity index (χ0v) is 21.8. The van der Waals surface area contributed by atoms with E-state index in [1.54, 1.807) is 31.3 Å². The second-order valence-corrected chi connectivity index (χ2v) is 11.1. The fourth-order valence-electron chi connectivity index (χ4n) is 3.81. The highest BCUT2D eigenvalue weighted by Gasteiger charge is 2.25. The van der Waals surface area contributed by atoms with Gasteiger partial charge in [0.1, 0.15) is 22.4 Å². The van der Waals surface area contributed by atoms with Gasteiger partial charge in [0.15, 0.2) is 5.13 Å². The number of benzene rings is 2. The van der Waals surface area contributed by atoms with Gasteiger partial charge in [-0.2, -0.15) is 0 Å². The Morgan fingerprint density at radius 2 is 1.89 bits per heavy atom. The highest BCUT2D eigenvalue weighted by molar-refractivity contribution is 7.92. The number of aromatic nitrogens is 3. The van der Waals surface area contributed by atoms with Gasteiger partial charge in [0.2, 0.25) is 0 Å². The second kappa shape index (κ2) is 10.3. The molecule has 1 aliphatic heterocycles. The molecule has 1 N–H and O–H groups in total. The first kappa shape index (κ1) is 25.5. The van der Waals surface area contributed by atoms with E-state index in [0.29, 0.717) is 55.1 Å². The Bertz CT molecular complexity index is 1580. The Morgan fingerprint density at radius 1 is 1.11 bits per heavy atom. The number of ether oxygens (including phenoxy) is 1. The lowest BCUT2D eigenvalue weighted by Crippen LogP contribution is -2.36. The van der Waals surface area contributed by atoms with Crippen LogP contribution < -0.4 is 9.62 Å². The predicted molar refractivity (Wildman–Crippen MR) is 139 cm³/mol. The Labute approximate surface area is 221 Å². The largest absolute Gasteiger partial charge is 0.378 e. The summed E-state index contributed by atoms with van der Waals surface area (Å²) in [5.74, 6) is -1.39. The molecule has 0 amide bonds. The van der Waals surface area contributed by atoms with Crippen LogP contribution in [0.15, 0.2) is 53.6 Å². The van der Waals surface area contributed by atoms with Crippen molar-refractivity contribution in [3.05, 3.63) is 71.1 Å². The second-order valence-electron chi connectivity index (χ2n) is 8.11. The van der Waals surface area contributed by atoms with Crippen molar-refractivity contribution in [2.24, 2.45) is 0 Å². The molecular formula is C24H20ClF2N5O3S2. The number of anilines is 2. The molecule has 2 aromatic heterocycles. The molecule has 0 radical (unpaired) electrons. The van der Waals surface area contributed by atoms with Crippen molar-refractivity contribution in [2.75, 3.05) is 35.9 Å². The summed E-state index contributed by atoms with van der Waals surface area (Å²) in [5.41, 5.74) is 1.59. The molecule has 37 heavy (non-hydrogen) atoms. The number of nitrogens with zero attached hydrogens (tertiary/aromatic N) is 4. The van der Waals surface area contributed by atoms with Crippen LogP contribution in [0, 0.1) is 18.6 Å². The summed E-state index contributed by atoms with van der Waals surface area (Å²) < 4.78 is 61.4. The molecule has 0 aliphatic carbocycles. The molecule has 0 saturated carbocycles. The van der Waals surface area contributed by atoms with E-state index in [1.165, 1.54) is 17.4 Å². The summed E-state index contributed by atoms with van der Waals surface area (Å²) in [6, 6.07) is 8.71. The lowest BCUT2D eigenvalue weighted by molar-refractivity contribution is 0.122. The number of nitrogens with one attached hydrogen (secondary N) is 1. The van der Waals surface area contributed by atoms with Crippen molar-refractivity contribution in [1.82, 2.24) is 15.0 Å². The van der Waals surface area contributed by atoms with Gasteiger partial charge in [-0.05, 0) is 37.3 Å². The number of hydrogen-bond acceptors (Lipinski definition) is 8. The number of rotatable bonds is 6. The molecule has 0 bridgehead atoms. The molecule has 5 rings (SSSR count). The minimum Gasteiger partial charge on any atom is -0.378 e. The predicted octanol–water partition coefficient (Wildman–Crippen LogP) is 5.14. The Hall–Kier alpha value is -3.19. The van der Waals surface area contributed by atoms with E-state index in [1.807, 2.05) is 0 Å². The first-order valence-corrected chi connectivity index (χ1v) is 13.8. The van der Waals surface area contributed by atoms with Crippen LogP contribution >= 0.6 is 22.9 Å². The van der Waals surface area contributed by atoms with E-state index < -0.39 is 26.6 Å². The van der Waals surface area contributed by atoms with Crippen LogP contribution in [-0.2, 0) is 14.8 Å². The van der Waals surface area contributed by atoms with Crippen LogP contribution in [0.25, 0.3) is 21.8 Å². The third-order valence-electron chi connectivity index (χ3n) is 5.59. The van der Waals surface area contributed by atoms with E-state index in [9.17, 15) is 17.2 Å². The van der Waals surface area contributed by atoms with Gasteiger partial charge in [0, 0.05) is 24.8 Å². The zero-order valence-electron chi connectivity index (χ0n) is 19.4. The average molecular weight is 564 g/mol. The molecule has 0 spiro atoms. The topological polar surface area (TPSA) is 97.3 Å². The molecule has 192 valence electrons. The van der Waals surface area contributed by atoms with Gasteiger partial charge in [0.05, 0.1) is 40.2 Å². The van der Waals surface area contributed by atoms with E-state index >= 15 is 0 Å². The highest BCUT2D eigenvalue weighted by atomic mass is 35.5. The van der Waals surface area contributed by atoms with Crippen LogP contribution in [-0.4, -0.2) is 49.7 Å². The molecule has 3 heterocycles. The third-order valence-corrected chi connectivity index (χ3v) is 8.51. The Balaban J connectivity index is 1.59. The minimum atomic E-state index is -4.48. The van der Waals surface area contributed by atoms with Gasteiger partial charge < -0.3 is 9.64 Å². The van der Waals surface area contributed by atoms with Crippen molar-refractivity contribution >= 4 is 43.8 Å². The lowest BCUT2D eigenvalue weighted by Gasteiger charge is -2.26. The maximum Gasteiger partial charge on any atom is 0.264 e. The first-order chi connectivity index (χ1) is 17.7. The Morgan fingerprint density at radius 3 is 2.65 bits per heavy atom. The number of sulfonamides is 1. The minimum absolute atomic E-state index is 0.00596. The first-order valence-electron chi connectivity index (χ1n) is 11.1. The standard InChI is InChI=1S/C24H20ClF2N5O3S2/c1-14-28-8-7-19(29-14)23-22(30-24(36-23)32-9-11-35-12-10-32)16-3-2-4-18(21(16)25)31-37(33,34)20-13-15(26)5-6-17(20)27/h2-8,13,31H,9-12H2,1H3. The molecule has 1 fully saturated rings. The molecule has 0 atom stereocenters. The SMILES string of the molecule is Cc1nccc(-c2sc(N3CCOCC3)nc2-c2cccc(NS(=O)(=O)c3cc(F)ccc3F)c2Cl)n1. The van der Waals surface area contributed by atoms with E-state index in [2.05, 4.69) is 19.6 Å². The molecule has 0 unspecified atom stereocenters. The van der Waals surface area contributed by atoms with Gasteiger partial charge in [-0.3, -0.25) is 4.72 Å². The fourth-order valence-corrected chi connectivity index (χ4v) is 6.40. The van der Waals surface area contributed by atoms with Gasteiger partial charge in [-0.25, -0.2) is 32.2 Å². The summed E-state index contributed by atoms with van der Waals surface area (Å²) in [6.45, 7) is 4.27. The van der Waals surface area contributed by atoms with E-state index in [-0.39, 0.29) is 10.7 Å². The summed E-state index contributed by atoms with van der Waals surface area (Å²) in [6.07, 6.45) is 1.65. The van der Waals surface area contributed by atoms with Crippen LogP contribution in [0.2, 0.25) is 5.02 Å². The molecule has 1 aliphatic rings. The normalized spacial score (nSPS) is 14.1. The molecule has 1 saturated heterocycles. The Kier molecular flexibility index (Phi) is 7.08. The van der Waals surface area contributed by atoms with Crippen LogP contribution in [0.1, 0.15) is 5.82 Å². The molecule has 2 aromatic carbocycles. The summed E-state index contributed by atoms with van der Waals surface area (Å²) >= 11 is 8.13.